The third-order valence-corrected chi connectivity index (χ3v) is 27.2. The number of benzene rings is 6. The van der Waals surface area contributed by atoms with Crippen molar-refractivity contribution in [3.8, 4) is 48.6 Å². The summed E-state index contributed by atoms with van der Waals surface area (Å²) in [5.41, 5.74) is 11.4. The standard InChI is InChI=1S/C34H36N2O5S2.C30H27BrN2O5S2.C30H26Cl2N2O5S2/c1-21(26-20-42-32(31(26)40)23-10-12-25(13-11-23)34(2,3)4)36-19-28(39)30-16-15-29(43-30)27(38)14-7-22-5-8-24(9-6-22)33(41)35-17-18-37;1-18(23-17-39-29(28(23)37)20-7-9-22(31)10-8-20)33-16-25(36)27-13-12-26(40-27)24(35)11-4-19-2-5-21(6-3-19)30(38)32-14-15-34;1-17(21-16-40-29(28(21)38)20-7-8-22(31)23(32)14-20)34-15-25(37)27-11-10-26(41-27)24(36)9-4-18-2-5-19(6-3-18)30(39)33-12-13-35/h5-6,8-13,15-16,20,37,40H,7,14,17-19H2,1-4H3,(H,35,41);2-3,5-10,12-13,17,34,37H,4,11,14-16H2,1H3,(H,32,38);2-3,5-8,10-11,14,16,35,38H,4,9,12-13,15H2,1H3,(H,33,39). The number of nitrogens with one attached hydrogen (secondary N) is 3. The Morgan fingerprint density at radius 1 is 0.371 bits per heavy atom. The molecule has 124 heavy (non-hydrogen) atoms. The van der Waals surface area contributed by atoms with E-state index in [4.69, 9.17) is 38.5 Å². The van der Waals surface area contributed by atoms with E-state index < -0.39 is 0 Å². The molecular formula is C94H89BrCl2N6O15S6. The number of aromatic hydroxyl groups is 3. The summed E-state index contributed by atoms with van der Waals surface area (Å²) in [5, 5.41) is 73.0. The molecule has 642 valence electrons. The molecule has 21 nitrogen and oxygen atoms in total. The monoisotopic (exact) mass is 1880 g/mol. The van der Waals surface area contributed by atoms with Crippen LogP contribution >= 0.6 is 107 Å². The first-order valence-electron chi connectivity index (χ1n) is 39.1. The van der Waals surface area contributed by atoms with Gasteiger partial charge in [-0.3, -0.25) is 58.1 Å². The molecular weight excluding hydrogens is 1800 g/mol. The van der Waals surface area contributed by atoms with Gasteiger partial charge in [0.15, 0.2) is 34.7 Å². The SMILES string of the molecule is CC(=NCC(=O)c1ccc(C(=O)CCc2ccc(C(=O)NCCO)cc2)s1)c1csc(-c2ccc(Br)cc2)c1O.CC(=NCC(=O)c1ccc(C(=O)CCc2ccc(C(=O)NCCO)cc2)s1)c1csc(-c2ccc(C(C)(C)C)cc2)c1O.CC(=NCC(=O)c1ccc(C(=O)CCc2ccc(C(=O)NCCO)cc2)s1)c1csc(-c2ccc(Cl)c(Cl)c2)c1O. The maximum Gasteiger partial charge on any atom is 0.251 e. The lowest BCUT2D eigenvalue weighted by Gasteiger charge is -2.19. The minimum absolute atomic E-state index is 0.0457. The lowest BCUT2D eigenvalue weighted by molar-refractivity contribution is 0.0937. The first-order chi connectivity index (χ1) is 59.4. The minimum atomic E-state index is -0.267. The number of carbonyl (C=O) groups is 9. The molecule has 6 heterocycles. The number of Topliss-reactive ketones (excluding diaryl/α,β-unsaturated/α-hetero) is 6. The number of rotatable bonds is 36. The van der Waals surface area contributed by atoms with Crippen LogP contribution in [0.3, 0.4) is 0 Å². The van der Waals surface area contributed by atoms with E-state index in [0.29, 0.717) is 114 Å². The molecule has 0 bridgehead atoms. The number of thiophene rings is 6. The van der Waals surface area contributed by atoms with Crippen LogP contribution in [-0.4, -0.2) is 159 Å². The summed E-state index contributed by atoms with van der Waals surface area (Å²) in [7, 11) is 0. The van der Waals surface area contributed by atoms with Gasteiger partial charge in [-0.25, -0.2) is 0 Å². The fraction of sp³-hybridized carbons (Fsp3) is 0.234. The van der Waals surface area contributed by atoms with Crippen molar-refractivity contribution < 1.29 is 73.8 Å². The average Bonchev–Trinajstić information content (AvgIpc) is 1.66. The van der Waals surface area contributed by atoms with Gasteiger partial charge >= 0.3 is 0 Å². The molecule has 30 heteroatoms. The van der Waals surface area contributed by atoms with E-state index in [1.807, 2.05) is 59.3 Å². The van der Waals surface area contributed by atoms with Gasteiger partial charge in [0.1, 0.15) is 36.9 Å². The number of hydrogen-bond acceptors (Lipinski definition) is 24. The molecule has 0 saturated carbocycles. The van der Waals surface area contributed by atoms with Crippen molar-refractivity contribution in [1.82, 2.24) is 16.0 Å². The molecule has 0 unspecified atom stereocenters. The molecule has 0 spiro atoms. The Balaban J connectivity index is 0.000000195. The molecule has 12 aromatic rings. The predicted molar refractivity (Wildman–Crippen MR) is 503 cm³/mol. The lowest BCUT2D eigenvalue weighted by Crippen LogP contribution is -2.26. The van der Waals surface area contributed by atoms with Crippen LogP contribution in [0.2, 0.25) is 10.0 Å². The number of halogens is 3. The highest BCUT2D eigenvalue weighted by Crippen LogP contribution is 2.43. The molecule has 6 aromatic heterocycles. The molecule has 12 rings (SSSR count). The Bertz CT molecular complexity index is 5920. The Morgan fingerprint density at radius 3 is 0.944 bits per heavy atom. The summed E-state index contributed by atoms with van der Waals surface area (Å²) < 4.78 is 0.954. The summed E-state index contributed by atoms with van der Waals surface area (Å²) in [5.74, 6) is -1.21. The second-order valence-corrected chi connectivity index (χ2v) is 36.8. The van der Waals surface area contributed by atoms with Crippen LogP contribution in [0, 0.1) is 0 Å². The highest BCUT2D eigenvalue weighted by molar-refractivity contribution is 9.10. The average molecular weight is 1890 g/mol. The van der Waals surface area contributed by atoms with Gasteiger partial charge in [-0.1, -0.05) is 139 Å². The zero-order valence-electron chi connectivity index (χ0n) is 68.4. The quantitative estimate of drug-likeness (QED) is 0.0130. The maximum absolute atomic E-state index is 12.9. The largest absolute Gasteiger partial charge is 0.506 e. The summed E-state index contributed by atoms with van der Waals surface area (Å²) in [6.07, 6.45) is 2.33. The van der Waals surface area contributed by atoms with E-state index in [2.05, 4.69) is 79.8 Å². The summed E-state index contributed by atoms with van der Waals surface area (Å²) in [4.78, 5) is 131. The number of aryl methyl sites for hydroxylation is 3. The first-order valence-corrected chi connectivity index (χ1v) is 45.8. The minimum Gasteiger partial charge on any atom is -0.506 e. The summed E-state index contributed by atoms with van der Waals surface area (Å²) >= 11 is 23.2. The van der Waals surface area contributed by atoms with Crippen LogP contribution < -0.4 is 16.0 Å². The van der Waals surface area contributed by atoms with Crippen LogP contribution in [-0.2, 0) is 24.7 Å². The molecule has 3 amide bonds. The van der Waals surface area contributed by atoms with Crippen molar-refractivity contribution in [3.63, 3.8) is 0 Å². The van der Waals surface area contributed by atoms with E-state index in [-0.39, 0.29) is 153 Å². The highest BCUT2D eigenvalue weighted by atomic mass is 79.9. The van der Waals surface area contributed by atoms with Crippen molar-refractivity contribution in [3.05, 3.63) is 291 Å². The zero-order chi connectivity index (χ0) is 89.3. The second-order valence-electron chi connectivity index (χ2n) is 29.2. The summed E-state index contributed by atoms with van der Waals surface area (Å²) in [6.45, 7) is 11.7. The van der Waals surface area contributed by atoms with Crippen molar-refractivity contribution in [2.45, 2.75) is 85.5 Å². The van der Waals surface area contributed by atoms with E-state index in [9.17, 15) is 58.5 Å². The van der Waals surface area contributed by atoms with E-state index in [0.717, 1.165) is 81.6 Å². The van der Waals surface area contributed by atoms with E-state index >= 15 is 0 Å². The number of nitrogens with zero attached hydrogens (tertiary/aromatic N) is 3. The van der Waals surface area contributed by atoms with E-state index in [1.165, 1.54) is 39.6 Å². The van der Waals surface area contributed by atoms with Gasteiger partial charge in [-0.2, -0.15) is 0 Å². The van der Waals surface area contributed by atoms with Gasteiger partial charge in [0.2, 0.25) is 0 Å². The van der Waals surface area contributed by atoms with Gasteiger partial charge in [0.05, 0.1) is 73.8 Å². The molecule has 0 fully saturated rings. The Morgan fingerprint density at radius 2 is 0.653 bits per heavy atom. The third-order valence-electron chi connectivity index (χ3n) is 19.4. The fourth-order valence-electron chi connectivity index (χ4n) is 12.2. The van der Waals surface area contributed by atoms with Gasteiger partial charge in [0.25, 0.3) is 17.7 Å². The number of aliphatic imine (C=N–C) groups is 3. The van der Waals surface area contributed by atoms with Crippen LogP contribution in [0.25, 0.3) is 31.3 Å². The molecule has 6 aromatic carbocycles. The van der Waals surface area contributed by atoms with Crippen LogP contribution in [0.4, 0.5) is 0 Å². The van der Waals surface area contributed by atoms with E-state index in [1.54, 1.807) is 141 Å². The normalized spacial score (nSPS) is 11.6. The Labute approximate surface area is 759 Å². The molecule has 0 radical (unpaired) electrons. The molecule has 0 aliphatic rings. The molecule has 0 aliphatic carbocycles. The number of aliphatic hydroxyl groups is 3. The highest BCUT2D eigenvalue weighted by Gasteiger charge is 2.24. The molecule has 0 atom stereocenters. The fourth-order valence-corrected chi connectivity index (χ4v) is 18.5. The summed E-state index contributed by atoms with van der Waals surface area (Å²) in [6, 6.07) is 51.8. The predicted octanol–water partition coefficient (Wildman–Crippen LogP) is 19.6. The Hall–Kier alpha value is -10.7. The first kappa shape index (κ1) is 95.5. The Kier molecular flexibility index (Phi) is 35.3. The van der Waals surface area contributed by atoms with Crippen LogP contribution in [0.5, 0.6) is 17.2 Å². The smallest absolute Gasteiger partial charge is 0.251 e. The maximum atomic E-state index is 12.9. The second kappa shape index (κ2) is 45.8. The van der Waals surface area contributed by atoms with Gasteiger partial charge < -0.3 is 46.6 Å². The van der Waals surface area contributed by atoms with Gasteiger partial charge in [-0.15, -0.1) is 68.0 Å². The number of hydrogen-bond donors (Lipinski definition) is 9. The van der Waals surface area contributed by atoms with Crippen LogP contribution in [0.15, 0.2) is 212 Å². The number of ketones is 6. The zero-order valence-corrected chi connectivity index (χ0v) is 76.4. The van der Waals surface area contributed by atoms with Crippen molar-refractivity contribution in [2.75, 3.05) is 59.1 Å². The molecule has 9 N–H and O–H groups in total. The van der Waals surface area contributed by atoms with Gasteiger partial charge in [-0.05, 0) is 181 Å². The van der Waals surface area contributed by atoms with Crippen molar-refractivity contribution >= 4 is 177 Å². The third kappa shape index (κ3) is 26.4. The lowest BCUT2D eigenvalue weighted by atomic mass is 9.86. The van der Waals surface area contributed by atoms with Crippen LogP contribution in [0.1, 0.15) is 189 Å². The number of amides is 3. The topological polar surface area (TPSA) is 348 Å². The molecule has 0 aliphatic heterocycles. The van der Waals surface area contributed by atoms with Gasteiger partial charge in [0, 0.05) is 110 Å². The van der Waals surface area contributed by atoms with Crippen molar-refractivity contribution in [1.29, 1.82) is 0 Å². The van der Waals surface area contributed by atoms with Crippen molar-refractivity contribution in [2.24, 2.45) is 15.0 Å². The number of carbonyl (C=O) groups excluding carboxylic acids is 9. The number of aliphatic hydroxyl groups excluding tert-OH is 3. The molecule has 0 saturated heterocycles.